The highest BCUT2D eigenvalue weighted by Gasteiger charge is 2.18. The van der Waals surface area contributed by atoms with Crippen molar-refractivity contribution in [3.05, 3.63) is 23.3 Å². The number of carbonyl (C=O) groups is 1. The maximum atomic E-state index is 10.9. The number of fused-ring (bicyclic) bond motifs is 1. The van der Waals surface area contributed by atoms with Crippen LogP contribution in [0.15, 0.2) is 12.1 Å². The molecule has 1 aliphatic heterocycles. The van der Waals surface area contributed by atoms with Gasteiger partial charge in [0.1, 0.15) is 6.29 Å². The van der Waals surface area contributed by atoms with Gasteiger partial charge in [0.25, 0.3) is 0 Å². The van der Waals surface area contributed by atoms with Crippen molar-refractivity contribution in [3.63, 3.8) is 0 Å². The molecule has 1 aromatic carbocycles. The SMILES string of the molecule is COc1cc2c(cc1OC)CC(C=O)NCC2. The number of benzene rings is 1. The van der Waals surface area contributed by atoms with Gasteiger partial charge >= 0.3 is 0 Å². The third-order valence-electron chi connectivity index (χ3n) is 3.11. The summed E-state index contributed by atoms with van der Waals surface area (Å²) in [4.78, 5) is 10.9. The van der Waals surface area contributed by atoms with Crippen molar-refractivity contribution in [1.29, 1.82) is 0 Å². The first-order valence-electron chi connectivity index (χ1n) is 5.71. The Hall–Kier alpha value is -1.55. The van der Waals surface area contributed by atoms with Crippen molar-refractivity contribution < 1.29 is 14.3 Å². The summed E-state index contributed by atoms with van der Waals surface area (Å²) in [6.07, 6.45) is 2.57. The number of ether oxygens (including phenoxy) is 2. The molecule has 92 valence electrons. The van der Waals surface area contributed by atoms with Gasteiger partial charge in [-0.1, -0.05) is 0 Å². The second-order valence-electron chi connectivity index (χ2n) is 4.13. The molecular formula is C13H17NO3. The van der Waals surface area contributed by atoms with Gasteiger partial charge in [-0.3, -0.25) is 0 Å². The number of nitrogens with one attached hydrogen (secondary N) is 1. The Morgan fingerprint density at radius 2 is 1.88 bits per heavy atom. The van der Waals surface area contributed by atoms with Gasteiger partial charge in [-0.05, 0) is 42.6 Å². The van der Waals surface area contributed by atoms with Gasteiger partial charge in [-0.25, -0.2) is 0 Å². The highest BCUT2D eigenvalue weighted by atomic mass is 16.5. The number of rotatable bonds is 3. The van der Waals surface area contributed by atoms with Crippen LogP contribution in [0.1, 0.15) is 11.1 Å². The van der Waals surface area contributed by atoms with Gasteiger partial charge in [-0.15, -0.1) is 0 Å². The molecule has 4 heteroatoms. The Morgan fingerprint density at radius 1 is 1.24 bits per heavy atom. The molecule has 0 radical (unpaired) electrons. The van der Waals surface area contributed by atoms with E-state index in [1.165, 1.54) is 5.56 Å². The fourth-order valence-electron chi connectivity index (χ4n) is 2.18. The quantitative estimate of drug-likeness (QED) is 0.793. The van der Waals surface area contributed by atoms with Crippen molar-refractivity contribution in [1.82, 2.24) is 5.32 Å². The van der Waals surface area contributed by atoms with Crippen LogP contribution in [0.4, 0.5) is 0 Å². The van der Waals surface area contributed by atoms with E-state index in [9.17, 15) is 4.79 Å². The minimum absolute atomic E-state index is 0.102. The topological polar surface area (TPSA) is 47.6 Å². The number of carbonyl (C=O) groups excluding carboxylic acids is 1. The lowest BCUT2D eigenvalue weighted by atomic mass is 10.00. The Kier molecular flexibility index (Phi) is 3.64. The number of hydrogen-bond donors (Lipinski definition) is 1. The molecule has 1 aromatic rings. The van der Waals surface area contributed by atoms with E-state index in [1.54, 1.807) is 14.2 Å². The van der Waals surface area contributed by atoms with Gasteiger partial charge < -0.3 is 19.6 Å². The van der Waals surface area contributed by atoms with Crippen molar-refractivity contribution >= 4 is 6.29 Å². The predicted molar refractivity (Wildman–Crippen MR) is 64.8 cm³/mol. The Morgan fingerprint density at radius 3 is 2.47 bits per heavy atom. The zero-order chi connectivity index (χ0) is 12.3. The monoisotopic (exact) mass is 235 g/mol. The van der Waals surface area contributed by atoms with Crippen LogP contribution in [-0.2, 0) is 17.6 Å². The number of aldehydes is 1. The van der Waals surface area contributed by atoms with Crippen molar-refractivity contribution in [2.75, 3.05) is 20.8 Å². The molecule has 0 saturated heterocycles. The lowest BCUT2D eigenvalue weighted by Gasteiger charge is -2.13. The number of methoxy groups -OCH3 is 2. The van der Waals surface area contributed by atoms with Crippen LogP contribution in [-0.4, -0.2) is 33.1 Å². The van der Waals surface area contributed by atoms with Gasteiger partial charge in [0.05, 0.1) is 20.3 Å². The van der Waals surface area contributed by atoms with Crippen LogP contribution >= 0.6 is 0 Å². The molecule has 1 N–H and O–H groups in total. The molecule has 4 nitrogen and oxygen atoms in total. The zero-order valence-electron chi connectivity index (χ0n) is 10.2. The van der Waals surface area contributed by atoms with Crippen LogP contribution in [0.2, 0.25) is 0 Å². The average Bonchev–Trinajstić information content (AvgIpc) is 2.57. The smallest absolute Gasteiger partial charge is 0.161 e. The Balaban J connectivity index is 2.39. The third-order valence-corrected chi connectivity index (χ3v) is 3.11. The fourth-order valence-corrected chi connectivity index (χ4v) is 2.18. The van der Waals surface area contributed by atoms with E-state index in [2.05, 4.69) is 5.32 Å². The lowest BCUT2D eigenvalue weighted by Crippen LogP contribution is -2.31. The predicted octanol–water partition coefficient (Wildman–Crippen LogP) is 0.959. The average molecular weight is 235 g/mol. The van der Waals surface area contributed by atoms with E-state index in [-0.39, 0.29) is 6.04 Å². The van der Waals surface area contributed by atoms with Gasteiger partial charge in [0.2, 0.25) is 0 Å². The van der Waals surface area contributed by atoms with Gasteiger partial charge in [-0.2, -0.15) is 0 Å². The largest absolute Gasteiger partial charge is 0.493 e. The highest BCUT2D eigenvalue weighted by molar-refractivity contribution is 5.60. The first-order chi connectivity index (χ1) is 8.28. The van der Waals surface area contributed by atoms with Crippen LogP contribution in [0.3, 0.4) is 0 Å². The molecule has 17 heavy (non-hydrogen) atoms. The van der Waals surface area contributed by atoms with Gasteiger partial charge in [0.15, 0.2) is 11.5 Å². The van der Waals surface area contributed by atoms with Crippen LogP contribution in [0.5, 0.6) is 11.5 Å². The van der Waals surface area contributed by atoms with E-state index in [0.29, 0.717) is 6.42 Å². The molecule has 0 aromatic heterocycles. The maximum Gasteiger partial charge on any atom is 0.161 e. The fraction of sp³-hybridized carbons (Fsp3) is 0.462. The molecule has 1 heterocycles. The van der Waals surface area contributed by atoms with E-state index in [0.717, 1.165) is 36.3 Å². The molecule has 0 fully saturated rings. The lowest BCUT2D eigenvalue weighted by molar-refractivity contribution is -0.109. The van der Waals surface area contributed by atoms with E-state index in [1.807, 2.05) is 12.1 Å². The van der Waals surface area contributed by atoms with Crippen LogP contribution in [0.25, 0.3) is 0 Å². The molecule has 1 atom stereocenters. The van der Waals surface area contributed by atoms with E-state index < -0.39 is 0 Å². The Bertz CT molecular complexity index is 417. The molecular weight excluding hydrogens is 218 g/mol. The normalized spacial score (nSPS) is 19.1. The number of hydrogen-bond acceptors (Lipinski definition) is 4. The van der Waals surface area contributed by atoms with Crippen molar-refractivity contribution in [2.24, 2.45) is 0 Å². The maximum absolute atomic E-state index is 10.9. The van der Waals surface area contributed by atoms with Crippen molar-refractivity contribution in [3.8, 4) is 11.5 Å². The van der Waals surface area contributed by atoms with E-state index in [4.69, 9.17) is 9.47 Å². The first-order valence-corrected chi connectivity index (χ1v) is 5.71. The summed E-state index contributed by atoms with van der Waals surface area (Å²) in [6, 6.07) is 3.87. The zero-order valence-corrected chi connectivity index (χ0v) is 10.2. The summed E-state index contributed by atoms with van der Waals surface area (Å²) < 4.78 is 10.6. The molecule has 0 spiro atoms. The summed E-state index contributed by atoms with van der Waals surface area (Å²) in [7, 11) is 3.25. The minimum atomic E-state index is -0.102. The van der Waals surface area contributed by atoms with Crippen LogP contribution in [0, 0.1) is 0 Å². The highest BCUT2D eigenvalue weighted by Crippen LogP contribution is 2.31. The molecule has 0 bridgehead atoms. The third kappa shape index (κ3) is 2.42. The summed E-state index contributed by atoms with van der Waals surface area (Å²) in [6.45, 7) is 0.811. The second kappa shape index (κ2) is 5.19. The Labute approximate surface area is 101 Å². The summed E-state index contributed by atoms with van der Waals surface area (Å²) in [5, 5.41) is 3.20. The van der Waals surface area contributed by atoms with Crippen molar-refractivity contribution in [2.45, 2.75) is 18.9 Å². The molecule has 1 aliphatic rings. The summed E-state index contributed by atoms with van der Waals surface area (Å²) >= 11 is 0. The van der Waals surface area contributed by atoms with Crippen LogP contribution < -0.4 is 14.8 Å². The second-order valence-corrected chi connectivity index (χ2v) is 4.13. The van der Waals surface area contributed by atoms with E-state index >= 15 is 0 Å². The molecule has 0 aliphatic carbocycles. The molecule has 1 unspecified atom stereocenters. The minimum Gasteiger partial charge on any atom is -0.493 e. The molecule has 2 rings (SSSR count). The summed E-state index contributed by atoms with van der Waals surface area (Å²) in [5.74, 6) is 1.47. The summed E-state index contributed by atoms with van der Waals surface area (Å²) in [5.41, 5.74) is 2.38. The standard InChI is InChI=1S/C13H17NO3/c1-16-12-6-9-3-4-14-11(8-15)5-10(9)7-13(12)17-2/h6-8,11,14H,3-5H2,1-2H3. The van der Waals surface area contributed by atoms with Gasteiger partial charge in [0, 0.05) is 0 Å². The molecule has 0 amide bonds. The first kappa shape index (κ1) is 11.9. The molecule has 0 saturated carbocycles.